The van der Waals surface area contributed by atoms with Crippen molar-refractivity contribution in [3.63, 3.8) is 0 Å². The van der Waals surface area contributed by atoms with Crippen molar-refractivity contribution in [1.82, 2.24) is 5.32 Å². The van der Waals surface area contributed by atoms with Gasteiger partial charge in [0, 0.05) is 18.0 Å². The maximum Gasteiger partial charge on any atom is 0.251 e. The third kappa shape index (κ3) is 6.24. The summed E-state index contributed by atoms with van der Waals surface area (Å²) in [7, 11) is 0. The molecular weight excluding hydrogens is 330 g/mol. The van der Waals surface area contributed by atoms with Gasteiger partial charge in [-0.3, -0.25) is 4.79 Å². The van der Waals surface area contributed by atoms with Crippen LogP contribution in [0.4, 0.5) is 0 Å². The van der Waals surface area contributed by atoms with Crippen LogP contribution in [0.3, 0.4) is 0 Å². The molecule has 0 radical (unpaired) electrons. The lowest BCUT2D eigenvalue weighted by molar-refractivity contribution is -0.306. The Hall–Kier alpha value is -2.82. The first-order valence-electron chi connectivity index (χ1n) is 8.74. The molecule has 5 heteroatoms. The van der Waals surface area contributed by atoms with Gasteiger partial charge in [-0.15, -0.1) is 0 Å². The molecular formula is C21H24NO4-. The van der Waals surface area contributed by atoms with Crippen molar-refractivity contribution in [2.24, 2.45) is 5.92 Å². The molecule has 1 amide bonds. The Morgan fingerprint density at radius 1 is 1.04 bits per heavy atom. The van der Waals surface area contributed by atoms with Gasteiger partial charge in [0.25, 0.3) is 5.91 Å². The lowest BCUT2D eigenvalue weighted by atomic mass is 10.0. The number of rotatable bonds is 9. The highest BCUT2D eigenvalue weighted by molar-refractivity contribution is 5.94. The van der Waals surface area contributed by atoms with Crippen LogP contribution in [0.1, 0.15) is 48.7 Å². The van der Waals surface area contributed by atoms with Crippen LogP contribution in [0.15, 0.2) is 54.6 Å². The number of hydrogen-bond donors (Lipinski definition) is 1. The van der Waals surface area contributed by atoms with E-state index in [0.29, 0.717) is 23.8 Å². The molecule has 0 aliphatic rings. The molecule has 0 bridgehead atoms. The number of carbonyl (C=O) groups is 2. The summed E-state index contributed by atoms with van der Waals surface area (Å²) < 4.78 is 5.64. The van der Waals surface area contributed by atoms with Crippen molar-refractivity contribution in [1.29, 1.82) is 0 Å². The number of carboxylic acid groups (broad SMARTS) is 1. The van der Waals surface area contributed by atoms with E-state index >= 15 is 0 Å². The Balaban J connectivity index is 2.01. The highest BCUT2D eigenvalue weighted by Crippen LogP contribution is 2.18. The van der Waals surface area contributed by atoms with Gasteiger partial charge in [0.2, 0.25) is 0 Å². The molecule has 0 spiro atoms. The highest BCUT2D eigenvalue weighted by Gasteiger charge is 2.16. The largest absolute Gasteiger partial charge is 0.550 e. The first kappa shape index (κ1) is 19.5. The van der Waals surface area contributed by atoms with E-state index < -0.39 is 12.0 Å². The first-order valence-corrected chi connectivity index (χ1v) is 8.74. The van der Waals surface area contributed by atoms with Crippen LogP contribution in [-0.4, -0.2) is 18.5 Å². The number of carbonyl (C=O) groups excluding carboxylic acids is 2. The van der Waals surface area contributed by atoms with E-state index in [-0.39, 0.29) is 12.3 Å². The standard InChI is InChI=1S/C21H25NO4/c1-15(2)12-13-26-18-10-8-17(9-11-18)21(25)22-19(14-20(23)24)16-6-4-3-5-7-16/h3-11,15,19H,12-14H2,1-2H3,(H,22,25)(H,23,24)/p-1. The van der Waals surface area contributed by atoms with Gasteiger partial charge in [0.1, 0.15) is 5.75 Å². The predicted molar refractivity (Wildman–Crippen MR) is 97.7 cm³/mol. The minimum absolute atomic E-state index is 0.286. The van der Waals surface area contributed by atoms with E-state index in [9.17, 15) is 14.7 Å². The Kier molecular flexibility index (Phi) is 7.21. The molecule has 0 saturated carbocycles. The summed E-state index contributed by atoms with van der Waals surface area (Å²) in [5.41, 5.74) is 1.17. The normalized spacial score (nSPS) is 11.8. The third-order valence-corrected chi connectivity index (χ3v) is 3.96. The molecule has 138 valence electrons. The molecule has 1 N–H and O–H groups in total. The molecule has 26 heavy (non-hydrogen) atoms. The molecule has 0 fully saturated rings. The summed E-state index contributed by atoms with van der Waals surface area (Å²) in [6, 6.07) is 15.2. The number of amides is 1. The molecule has 2 aromatic carbocycles. The summed E-state index contributed by atoms with van der Waals surface area (Å²) in [6.07, 6.45) is 0.677. The minimum Gasteiger partial charge on any atom is -0.550 e. The third-order valence-electron chi connectivity index (χ3n) is 3.96. The molecule has 0 heterocycles. The summed E-state index contributed by atoms with van der Waals surface area (Å²) in [5.74, 6) is -0.280. The smallest absolute Gasteiger partial charge is 0.251 e. The molecule has 1 unspecified atom stereocenters. The summed E-state index contributed by atoms with van der Waals surface area (Å²) >= 11 is 0. The van der Waals surface area contributed by atoms with Crippen LogP contribution < -0.4 is 15.2 Å². The molecule has 0 saturated heterocycles. The number of benzene rings is 2. The lowest BCUT2D eigenvalue weighted by Crippen LogP contribution is -2.34. The van der Waals surface area contributed by atoms with Crippen molar-refractivity contribution in [3.8, 4) is 5.75 Å². The second-order valence-corrected chi connectivity index (χ2v) is 6.57. The van der Waals surface area contributed by atoms with E-state index in [2.05, 4.69) is 19.2 Å². The van der Waals surface area contributed by atoms with Gasteiger partial charge >= 0.3 is 0 Å². The van der Waals surface area contributed by atoms with Crippen LogP contribution in [0.5, 0.6) is 5.75 Å². The zero-order valence-corrected chi connectivity index (χ0v) is 15.1. The quantitative estimate of drug-likeness (QED) is 0.751. The zero-order valence-electron chi connectivity index (χ0n) is 15.1. The van der Waals surface area contributed by atoms with Crippen LogP contribution >= 0.6 is 0 Å². The number of aliphatic carboxylic acids is 1. The van der Waals surface area contributed by atoms with Crippen LogP contribution in [0.25, 0.3) is 0 Å². The monoisotopic (exact) mass is 354 g/mol. The first-order chi connectivity index (χ1) is 12.5. The van der Waals surface area contributed by atoms with E-state index in [4.69, 9.17) is 4.74 Å². The van der Waals surface area contributed by atoms with Crippen LogP contribution in [0.2, 0.25) is 0 Å². The van der Waals surface area contributed by atoms with Gasteiger partial charge in [0.15, 0.2) is 0 Å². The number of ether oxygens (including phenoxy) is 1. The van der Waals surface area contributed by atoms with Crippen molar-refractivity contribution in [3.05, 3.63) is 65.7 Å². The Bertz CT molecular complexity index is 711. The minimum atomic E-state index is -1.21. The van der Waals surface area contributed by atoms with Gasteiger partial charge in [0.05, 0.1) is 12.6 Å². The molecule has 2 aromatic rings. The molecule has 0 aliphatic carbocycles. The van der Waals surface area contributed by atoms with Crippen molar-refractivity contribution in [2.75, 3.05) is 6.61 Å². The fourth-order valence-electron chi connectivity index (χ4n) is 2.46. The van der Waals surface area contributed by atoms with Crippen molar-refractivity contribution < 1.29 is 19.4 Å². The zero-order chi connectivity index (χ0) is 18.9. The fraction of sp³-hybridized carbons (Fsp3) is 0.333. The van der Waals surface area contributed by atoms with Crippen LogP contribution in [0, 0.1) is 5.92 Å². The summed E-state index contributed by atoms with van der Waals surface area (Å²) in [6.45, 7) is 4.89. The SMILES string of the molecule is CC(C)CCOc1ccc(C(=O)NC(CC(=O)[O-])c2ccccc2)cc1. The van der Waals surface area contributed by atoms with Crippen LogP contribution in [-0.2, 0) is 4.79 Å². The van der Waals surface area contributed by atoms with E-state index in [0.717, 1.165) is 12.0 Å². The fourth-order valence-corrected chi connectivity index (χ4v) is 2.46. The van der Waals surface area contributed by atoms with Gasteiger partial charge in [-0.05, 0) is 42.2 Å². The van der Waals surface area contributed by atoms with Gasteiger partial charge in [-0.1, -0.05) is 44.2 Å². The molecule has 0 aromatic heterocycles. The topological polar surface area (TPSA) is 78.5 Å². The Morgan fingerprint density at radius 2 is 1.69 bits per heavy atom. The van der Waals surface area contributed by atoms with Gasteiger partial charge in [-0.25, -0.2) is 0 Å². The van der Waals surface area contributed by atoms with E-state index in [1.807, 2.05) is 6.07 Å². The van der Waals surface area contributed by atoms with Gasteiger partial charge in [-0.2, -0.15) is 0 Å². The highest BCUT2D eigenvalue weighted by atomic mass is 16.5. The number of nitrogens with one attached hydrogen (secondary N) is 1. The molecule has 5 nitrogen and oxygen atoms in total. The molecule has 2 rings (SSSR count). The average molecular weight is 354 g/mol. The van der Waals surface area contributed by atoms with Gasteiger partial charge < -0.3 is 20.0 Å². The number of carboxylic acids is 1. The summed E-state index contributed by atoms with van der Waals surface area (Å²) in [5, 5.41) is 13.8. The van der Waals surface area contributed by atoms with Crippen molar-refractivity contribution in [2.45, 2.75) is 32.7 Å². The average Bonchev–Trinajstić information content (AvgIpc) is 2.62. The number of hydrogen-bond acceptors (Lipinski definition) is 4. The molecule has 1 atom stereocenters. The maximum absolute atomic E-state index is 12.5. The summed E-state index contributed by atoms with van der Waals surface area (Å²) in [4.78, 5) is 23.5. The van der Waals surface area contributed by atoms with Crippen molar-refractivity contribution >= 4 is 11.9 Å². The lowest BCUT2D eigenvalue weighted by Gasteiger charge is -2.20. The second-order valence-electron chi connectivity index (χ2n) is 6.57. The Labute approximate surface area is 154 Å². The Morgan fingerprint density at radius 3 is 2.27 bits per heavy atom. The molecule has 0 aliphatic heterocycles. The maximum atomic E-state index is 12.5. The predicted octanol–water partition coefficient (Wildman–Crippen LogP) is 2.72. The van der Waals surface area contributed by atoms with E-state index in [1.54, 1.807) is 48.5 Å². The second kappa shape index (κ2) is 9.61. The van der Waals surface area contributed by atoms with E-state index in [1.165, 1.54) is 0 Å².